The van der Waals surface area contributed by atoms with Crippen molar-refractivity contribution in [3.8, 4) is 11.1 Å². The van der Waals surface area contributed by atoms with E-state index in [2.05, 4.69) is 130 Å². The number of fused-ring (bicyclic) bond motifs is 4. The third kappa shape index (κ3) is 4.30. The highest BCUT2D eigenvalue weighted by molar-refractivity contribution is 6.13. The van der Waals surface area contributed by atoms with E-state index in [0.29, 0.717) is 11.8 Å². The molecule has 7 rings (SSSR count). The third-order valence-electron chi connectivity index (χ3n) is 12.1. The number of aryl methyl sites for hydroxylation is 1. The van der Waals surface area contributed by atoms with E-state index in [1.54, 1.807) is 33.4 Å². The number of allylic oxidation sites excluding steroid dienone is 4. The minimum atomic E-state index is -0.156. The number of hydrogen-bond donors (Lipinski definition) is 0. The van der Waals surface area contributed by atoms with Gasteiger partial charge in [-0.2, -0.15) is 0 Å². The molecule has 45 heavy (non-hydrogen) atoms. The van der Waals surface area contributed by atoms with Gasteiger partial charge in [-0.05, 0) is 140 Å². The summed E-state index contributed by atoms with van der Waals surface area (Å²) in [7, 11) is 0. The first-order valence-electron chi connectivity index (χ1n) is 18.0. The molecule has 0 heterocycles. The highest BCUT2D eigenvalue weighted by Gasteiger charge is 2.51. The van der Waals surface area contributed by atoms with Crippen LogP contribution in [0.3, 0.4) is 0 Å². The van der Waals surface area contributed by atoms with Crippen molar-refractivity contribution in [2.45, 2.75) is 119 Å². The summed E-state index contributed by atoms with van der Waals surface area (Å²) in [5.74, 6) is 1.21. The molecular formula is C45H54. The van der Waals surface area contributed by atoms with Crippen molar-refractivity contribution >= 4 is 21.5 Å². The summed E-state index contributed by atoms with van der Waals surface area (Å²) in [5.41, 5.74) is 15.5. The summed E-state index contributed by atoms with van der Waals surface area (Å²) in [4.78, 5) is 0. The van der Waals surface area contributed by atoms with Gasteiger partial charge in [-0.3, -0.25) is 0 Å². The van der Waals surface area contributed by atoms with Crippen LogP contribution in [0.4, 0.5) is 0 Å². The van der Waals surface area contributed by atoms with Gasteiger partial charge in [-0.15, -0.1) is 0 Å². The maximum absolute atomic E-state index is 2.80. The van der Waals surface area contributed by atoms with Crippen LogP contribution < -0.4 is 0 Å². The van der Waals surface area contributed by atoms with Gasteiger partial charge >= 0.3 is 0 Å². The normalized spacial score (nSPS) is 19.7. The lowest BCUT2D eigenvalue weighted by atomic mass is 9.64. The zero-order valence-electron chi connectivity index (χ0n) is 29.7. The Morgan fingerprint density at radius 2 is 1.40 bits per heavy atom. The number of rotatable bonds is 7. The van der Waals surface area contributed by atoms with Crippen molar-refractivity contribution in [2.75, 3.05) is 0 Å². The second kappa shape index (κ2) is 10.4. The van der Waals surface area contributed by atoms with Crippen molar-refractivity contribution < 1.29 is 0 Å². The van der Waals surface area contributed by atoms with Crippen molar-refractivity contribution in [1.82, 2.24) is 0 Å². The first-order valence-corrected chi connectivity index (χ1v) is 18.0. The lowest BCUT2D eigenvalue weighted by Crippen LogP contribution is -2.30. The third-order valence-corrected chi connectivity index (χ3v) is 12.1. The molecule has 0 aromatic heterocycles. The van der Waals surface area contributed by atoms with E-state index in [0.717, 1.165) is 12.8 Å². The van der Waals surface area contributed by atoms with Gasteiger partial charge < -0.3 is 0 Å². The molecule has 0 bridgehead atoms. The van der Waals surface area contributed by atoms with Gasteiger partial charge in [0, 0.05) is 10.8 Å². The maximum Gasteiger partial charge on any atom is 0.0443 e. The molecule has 1 spiro atoms. The smallest absolute Gasteiger partial charge is 0.0443 e. The van der Waals surface area contributed by atoms with Gasteiger partial charge in [-0.1, -0.05) is 123 Å². The monoisotopic (exact) mass is 594 g/mol. The Balaban J connectivity index is 1.70. The Hall–Kier alpha value is -3.12. The van der Waals surface area contributed by atoms with E-state index in [4.69, 9.17) is 0 Å². The Bertz CT molecular complexity index is 1910. The largest absolute Gasteiger partial charge is 0.0657 e. The van der Waals surface area contributed by atoms with Gasteiger partial charge in [-0.25, -0.2) is 0 Å². The van der Waals surface area contributed by atoms with Crippen LogP contribution in [0.1, 0.15) is 128 Å². The molecule has 0 nitrogen and oxygen atoms in total. The zero-order chi connectivity index (χ0) is 32.1. The molecule has 4 aromatic carbocycles. The van der Waals surface area contributed by atoms with Crippen LogP contribution in [0.2, 0.25) is 0 Å². The van der Waals surface area contributed by atoms with Crippen molar-refractivity contribution in [1.29, 1.82) is 0 Å². The molecule has 4 aromatic rings. The Morgan fingerprint density at radius 3 is 2.07 bits per heavy atom. The van der Waals surface area contributed by atoms with Crippen molar-refractivity contribution in [2.24, 2.45) is 17.3 Å². The maximum atomic E-state index is 2.80. The summed E-state index contributed by atoms with van der Waals surface area (Å²) < 4.78 is 0. The molecule has 234 valence electrons. The van der Waals surface area contributed by atoms with Crippen LogP contribution in [0.5, 0.6) is 0 Å². The molecule has 0 amide bonds. The summed E-state index contributed by atoms with van der Waals surface area (Å²) in [6, 6.07) is 19.6. The van der Waals surface area contributed by atoms with E-state index in [9.17, 15) is 0 Å². The van der Waals surface area contributed by atoms with E-state index < -0.39 is 0 Å². The van der Waals surface area contributed by atoms with Crippen molar-refractivity contribution in [3.05, 3.63) is 105 Å². The second-order valence-electron chi connectivity index (χ2n) is 16.4. The molecule has 3 aliphatic carbocycles. The van der Waals surface area contributed by atoms with Crippen LogP contribution >= 0.6 is 0 Å². The SMILES string of the molecule is CCC(CC)C1=CC2(CC(C(CC)CC)=C1)c1cc(C)c3cccc4c3c1-c1c(cc3c(CC(C)(C)C)cccc3c12)C4(C)C. The van der Waals surface area contributed by atoms with Crippen LogP contribution in [-0.4, -0.2) is 0 Å². The van der Waals surface area contributed by atoms with Crippen molar-refractivity contribution in [3.63, 3.8) is 0 Å². The number of hydrogen-bond acceptors (Lipinski definition) is 0. The molecular weight excluding hydrogens is 540 g/mol. The average Bonchev–Trinajstić information content (AvgIpc) is 3.25. The molecule has 0 heteroatoms. The average molecular weight is 595 g/mol. The molecule has 0 aliphatic heterocycles. The fourth-order valence-corrected chi connectivity index (χ4v) is 9.86. The minimum Gasteiger partial charge on any atom is -0.0657 e. The molecule has 0 N–H and O–H groups in total. The van der Waals surface area contributed by atoms with Gasteiger partial charge in [0.1, 0.15) is 0 Å². The van der Waals surface area contributed by atoms with Gasteiger partial charge in [0.15, 0.2) is 0 Å². The van der Waals surface area contributed by atoms with Gasteiger partial charge in [0.25, 0.3) is 0 Å². The zero-order valence-corrected chi connectivity index (χ0v) is 29.7. The fraction of sp³-hybridized carbons (Fsp3) is 0.467. The fourth-order valence-electron chi connectivity index (χ4n) is 9.86. The highest BCUT2D eigenvalue weighted by Crippen LogP contribution is 2.65. The predicted molar refractivity (Wildman–Crippen MR) is 197 cm³/mol. The molecule has 0 radical (unpaired) electrons. The lowest BCUT2D eigenvalue weighted by molar-refractivity contribution is 0.412. The molecule has 0 fully saturated rings. The first kappa shape index (κ1) is 30.5. The Kier molecular flexibility index (Phi) is 7.09. The molecule has 1 unspecified atom stereocenters. The van der Waals surface area contributed by atoms with Crippen LogP contribution in [0.15, 0.2) is 71.8 Å². The standard InChI is InChI=1S/C45H54/c1-11-28(12-2)31-22-32(29(13-3)14-4)26-45(25-31)38-21-27(5)33-18-16-20-36-39(33)40(38)41-37(44(36,9)10)23-35-30(24-43(6,7)8)17-15-19-34(35)42(41)45/h15-23,25,28-29H,11-14,24,26H2,1-10H3. The predicted octanol–water partition coefficient (Wildman–Crippen LogP) is 12.9. The molecule has 0 saturated carbocycles. The summed E-state index contributed by atoms with van der Waals surface area (Å²) in [6.07, 6.45) is 12.4. The van der Waals surface area contributed by atoms with Gasteiger partial charge in [0.2, 0.25) is 0 Å². The first-order chi connectivity index (χ1) is 21.4. The van der Waals surface area contributed by atoms with Crippen LogP contribution in [-0.2, 0) is 17.3 Å². The lowest BCUT2D eigenvalue weighted by Gasteiger charge is -2.39. The van der Waals surface area contributed by atoms with E-state index in [1.165, 1.54) is 69.5 Å². The van der Waals surface area contributed by atoms with Crippen LogP contribution in [0.25, 0.3) is 32.7 Å². The summed E-state index contributed by atoms with van der Waals surface area (Å²) in [6.45, 7) is 24.1. The van der Waals surface area contributed by atoms with Crippen LogP contribution in [0, 0.1) is 24.2 Å². The molecule has 3 aliphatic rings. The molecule has 0 saturated heterocycles. The second-order valence-corrected chi connectivity index (χ2v) is 16.4. The minimum absolute atomic E-state index is 0.0825. The Labute approximate surface area is 273 Å². The topological polar surface area (TPSA) is 0 Å². The number of benzene rings is 4. The molecule has 1 atom stereocenters. The van der Waals surface area contributed by atoms with E-state index in [-0.39, 0.29) is 16.2 Å². The summed E-state index contributed by atoms with van der Waals surface area (Å²) >= 11 is 0. The highest BCUT2D eigenvalue weighted by atomic mass is 14.5. The van der Waals surface area contributed by atoms with Gasteiger partial charge in [0.05, 0.1) is 0 Å². The van der Waals surface area contributed by atoms with E-state index in [1.807, 2.05) is 0 Å². The Morgan fingerprint density at radius 1 is 0.733 bits per heavy atom. The van der Waals surface area contributed by atoms with E-state index >= 15 is 0 Å². The quantitative estimate of drug-likeness (QED) is 0.200. The summed E-state index contributed by atoms with van der Waals surface area (Å²) in [5, 5.41) is 5.92.